The number of nitrogens with zero attached hydrogens (tertiary/aromatic N) is 3. The molecule has 0 spiro atoms. The monoisotopic (exact) mass is 1460 g/mol. The van der Waals surface area contributed by atoms with E-state index in [1.807, 2.05) is 39.3 Å². The molecule has 30 heteroatoms. The maximum Gasteiger partial charge on any atom is 0.305 e. The fourth-order valence-electron chi connectivity index (χ4n) is 12.7. The Bertz CT molecular complexity index is 4170. The number of carboxylic acids is 1. The number of imidazole rings is 1. The fourth-order valence-corrected chi connectivity index (χ4v) is 14.4. The quantitative estimate of drug-likeness (QED) is 0.0458. The summed E-state index contributed by atoms with van der Waals surface area (Å²) in [7, 11) is 7.61. The number of aromatic nitrogens is 4. The molecule has 9 rings (SSSR count). The highest BCUT2D eigenvalue weighted by Gasteiger charge is 2.48. The first-order chi connectivity index (χ1) is 49.2. The molecule has 5 heterocycles. The summed E-state index contributed by atoms with van der Waals surface area (Å²) in [6.07, 6.45) is 5.68. The van der Waals surface area contributed by atoms with Gasteiger partial charge in [0, 0.05) is 114 Å². The van der Waals surface area contributed by atoms with Gasteiger partial charge in [-0.25, -0.2) is 13.8 Å². The van der Waals surface area contributed by atoms with Crippen molar-refractivity contribution in [2.75, 3.05) is 59.4 Å². The van der Waals surface area contributed by atoms with E-state index in [9.17, 15) is 38.3 Å². The van der Waals surface area contributed by atoms with Crippen molar-refractivity contribution in [1.82, 2.24) is 67.4 Å². The Balaban J connectivity index is 1.06. The van der Waals surface area contributed by atoms with E-state index in [0.717, 1.165) is 17.7 Å². The number of benzene rings is 4. The number of fused-ring (bicyclic) bond motifs is 5. The number of unbranched alkanes of at least 4 members (excludes halogenated alkanes) is 1. The van der Waals surface area contributed by atoms with Crippen molar-refractivity contribution >= 4 is 104 Å². The third-order valence-corrected chi connectivity index (χ3v) is 20.4. The van der Waals surface area contributed by atoms with Crippen LogP contribution in [0.15, 0.2) is 110 Å². The number of methoxy groups -OCH3 is 1. The summed E-state index contributed by atoms with van der Waals surface area (Å²) in [6.45, 7) is 4.26. The zero-order valence-electron chi connectivity index (χ0n) is 58.5. The Morgan fingerprint density at radius 1 is 0.650 bits per heavy atom. The van der Waals surface area contributed by atoms with Gasteiger partial charge in [-0.05, 0) is 122 Å². The summed E-state index contributed by atoms with van der Waals surface area (Å²) in [5, 5.41) is 33.0. The standard InChI is InChI=1S/C73H90F2N14O12S2/c1-43-65(93)83-58(31-47-37-78-55-20-16-49(74)33-53(47)55)67(95)84-59(32-48-38-79-56-21-17-50(75)34-54(48)56)68(96)86-61(36-64(91)92)70(98)85-60(35-51-39-76-42-80-51)69(97)87-62(30-44-14-18-52(101-6)19-15-44)71(99)88-25-10-23-73(88,2)72(100)77-24-28-103-41-46-12-9-11-45(29-46)40-102-27-22-63(90)82-57(66(94)81-43)13-7-8-26-89(3,4)5/h9,11-12,14-21,29,33-34,37-39,42-43,57-62,78-79H,7-8,10,13,22-28,30-32,35-36,40-41H2,1-6H3,(H9-,76,77,80,81,82,83,84,85,86,87,90,91,92,93,94,95,96,97,98,100)/p+1/t43-,57+,58+,59+,60+,61+,62+,73+/m1/s1. The Hall–Kier alpha value is -9.81. The molecule has 12 N–H and O–H groups in total. The van der Waals surface area contributed by atoms with Crippen LogP contribution >= 0.6 is 23.5 Å². The van der Waals surface area contributed by atoms with Crippen LogP contribution < -0.4 is 47.3 Å². The van der Waals surface area contributed by atoms with Gasteiger partial charge in [-0.15, -0.1) is 0 Å². The summed E-state index contributed by atoms with van der Waals surface area (Å²) in [4.78, 5) is 160. The first-order valence-electron chi connectivity index (χ1n) is 34.3. The van der Waals surface area contributed by atoms with Gasteiger partial charge in [0.2, 0.25) is 53.2 Å². The second-order valence-electron chi connectivity index (χ2n) is 27.3. The number of rotatable bonds is 16. The largest absolute Gasteiger partial charge is 0.497 e. The van der Waals surface area contributed by atoms with Crippen molar-refractivity contribution in [3.63, 3.8) is 0 Å². The maximum atomic E-state index is 15.2. The Kier molecular flexibility index (Phi) is 26.9. The molecule has 3 aromatic heterocycles. The summed E-state index contributed by atoms with van der Waals surface area (Å²) in [5.74, 6) is -7.41. The van der Waals surface area contributed by atoms with Gasteiger partial charge < -0.3 is 76.7 Å². The van der Waals surface area contributed by atoms with Gasteiger partial charge in [-0.2, -0.15) is 23.5 Å². The lowest BCUT2D eigenvalue weighted by Gasteiger charge is -2.36. The van der Waals surface area contributed by atoms with Gasteiger partial charge in [0.25, 0.3) is 0 Å². The van der Waals surface area contributed by atoms with Crippen molar-refractivity contribution in [1.29, 1.82) is 0 Å². The number of hydrogen-bond donors (Lipinski definition) is 12. The highest BCUT2D eigenvalue weighted by Crippen LogP contribution is 2.32. The smallest absolute Gasteiger partial charge is 0.305 e. The van der Waals surface area contributed by atoms with Gasteiger partial charge in [0.05, 0.1) is 47.5 Å². The SMILES string of the molecule is COc1ccc(C[C@@H]2NC(=O)[C@H](Cc3cnc[nH]3)NC(=O)[C@H](CC(=O)O)NC(=O)[C@H](Cc3c[nH]c4ccc(F)cc34)NC(=O)[C@H](Cc3c[nH]c4ccc(F)cc34)NC(=O)[C@@H](C)NC(=O)[C@H](CCCC[N+](C)(C)C)NC(=O)CCSCc3cccc(c3)CSCCNC(=O)[C@]3(C)CCCN3C2=O)cc1. The first kappa shape index (κ1) is 77.4. The Labute approximate surface area is 603 Å². The van der Waals surface area contributed by atoms with Gasteiger partial charge in [0.15, 0.2) is 0 Å². The van der Waals surface area contributed by atoms with E-state index in [1.165, 1.54) is 80.2 Å². The van der Waals surface area contributed by atoms with Gasteiger partial charge in [-0.1, -0.05) is 36.4 Å². The van der Waals surface area contributed by atoms with Crippen molar-refractivity contribution in [3.05, 3.63) is 155 Å². The molecule has 0 saturated carbocycles. The minimum atomic E-state index is -2.00. The van der Waals surface area contributed by atoms with Crippen LogP contribution in [0.25, 0.3) is 21.8 Å². The van der Waals surface area contributed by atoms with E-state index in [2.05, 4.69) is 68.5 Å². The lowest BCUT2D eigenvalue weighted by Crippen LogP contribution is -2.62. The summed E-state index contributed by atoms with van der Waals surface area (Å²) < 4.78 is 36.0. The van der Waals surface area contributed by atoms with Crippen molar-refractivity contribution in [2.24, 2.45) is 0 Å². The molecule has 2 aliphatic rings. The van der Waals surface area contributed by atoms with Crippen molar-refractivity contribution in [3.8, 4) is 5.75 Å². The topological polar surface area (TPSA) is 360 Å². The Morgan fingerprint density at radius 2 is 1.21 bits per heavy atom. The first-order valence-corrected chi connectivity index (χ1v) is 36.6. The molecule has 0 unspecified atom stereocenters. The molecule has 9 amide bonds. The predicted molar refractivity (Wildman–Crippen MR) is 387 cm³/mol. The highest BCUT2D eigenvalue weighted by atomic mass is 32.2. The average Bonchev–Trinajstić information content (AvgIpc) is 1.68. The zero-order chi connectivity index (χ0) is 74.0. The third-order valence-electron chi connectivity index (χ3n) is 18.3. The molecule has 2 aliphatic heterocycles. The lowest BCUT2D eigenvalue weighted by atomic mass is 9.95. The fraction of sp³-hybridized carbons (Fsp3) is 0.438. The summed E-state index contributed by atoms with van der Waals surface area (Å²) in [5.41, 5.74) is 3.13. The van der Waals surface area contributed by atoms with E-state index >= 15 is 23.6 Å². The normalized spacial score (nSPS) is 22.7. The van der Waals surface area contributed by atoms with Crippen LogP contribution in [0, 0.1) is 11.6 Å². The van der Waals surface area contributed by atoms with E-state index in [0.29, 0.717) is 92.2 Å². The lowest BCUT2D eigenvalue weighted by molar-refractivity contribution is -0.870. The number of H-pyrrole nitrogens is 3. The molecule has 8 atom stereocenters. The molecule has 4 aromatic carbocycles. The molecule has 0 radical (unpaired) electrons. The number of aromatic amines is 3. The number of amides is 9. The molecule has 7 aromatic rings. The molecule has 0 aliphatic carbocycles. The summed E-state index contributed by atoms with van der Waals surface area (Å²) in [6, 6.07) is 11.8. The molecular formula is C73H91F2N14O12S2+. The molecule has 1 saturated heterocycles. The number of ether oxygens (including phenoxy) is 1. The molecule has 1 fully saturated rings. The number of quaternary nitrogens is 1. The number of aliphatic carboxylic acids is 1. The van der Waals surface area contributed by atoms with Crippen molar-refractivity contribution in [2.45, 2.75) is 144 Å². The maximum absolute atomic E-state index is 15.2. The van der Waals surface area contributed by atoms with Crippen LogP contribution in [-0.2, 0) is 85.1 Å². The minimum Gasteiger partial charge on any atom is -0.497 e. The van der Waals surface area contributed by atoms with Gasteiger partial charge in [-0.3, -0.25) is 47.9 Å². The summed E-state index contributed by atoms with van der Waals surface area (Å²) >= 11 is 3.15. The number of carbonyl (C=O) groups excluding carboxylic acids is 9. The van der Waals surface area contributed by atoms with Crippen LogP contribution in [0.2, 0.25) is 0 Å². The average molecular weight is 1460 g/mol. The van der Waals surface area contributed by atoms with E-state index < -0.39 is 126 Å². The predicted octanol–water partition coefficient (Wildman–Crippen LogP) is 4.76. The Morgan fingerprint density at radius 3 is 1.80 bits per heavy atom. The molecule has 26 nitrogen and oxygen atoms in total. The number of halogens is 2. The van der Waals surface area contributed by atoms with Crippen LogP contribution in [0.3, 0.4) is 0 Å². The number of thioether (sulfide) groups is 2. The van der Waals surface area contributed by atoms with E-state index in [1.54, 1.807) is 54.7 Å². The molecular weight excluding hydrogens is 1370 g/mol. The number of carbonyl (C=O) groups is 10. The van der Waals surface area contributed by atoms with Crippen LogP contribution in [0.4, 0.5) is 8.78 Å². The van der Waals surface area contributed by atoms with Crippen LogP contribution in [0.5, 0.6) is 5.75 Å². The van der Waals surface area contributed by atoms with Crippen molar-refractivity contribution < 1.29 is 71.1 Å². The van der Waals surface area contributed by atoms with Gasteiger partial charge >= 0.3 is 5.97 Å². The molecule has 2 bridgehead atoms. The second-order valence-corrected chi connectivity index (χ2v) is 29.5. The molecule has 550 valence electrons. The molecule has 103 heavy (non-hydrogen) atoms. The van der Waals surface area contributed by atoms with Crippen LogP contribution in [0.1, 0.15) is 92.3 Å². The minimum absolute atomic E-state index is 0.0712. The zero-order valence-corrected chi connectivity index (χ0v) is 60.1. The van der Waals surface area contributed by atoms with Gasteiger partial charge in [0.1, 0.15) is 65.2 Å². The second kappa shape index (κ2) is 35.9. The number of nitrogens with one attached hydrogen (secondary N) is 11. The van der Waals surface area contributed by atoms with E-state index in [4.69, 9.17) is 4.74 Å². The van der Waals surface area contributed by atoms with E-state index in [-0.39, 0.29) is 62.1 Å². The highest BCUT2D eigenvalue weighted by molar-refractivity contribution is 7.98. The number of carboxylic acid groups (broad SMARTS) is 1. The number of hydrogen-bond acceptors (Lipinski definition) is 14. The van der Waals surface area contributed by atoms with Crippen LogP contribution in [-0.4, -0.2) is 201 Å². The third kappa shape index (κ3) is 21.9.